The number of esters is 1. The lowest BCUT2D eigenvalue weighted by molar-refractivity contribution is -0.142. The van der Waals surface area contributed by atoms with E-state index in [1.165, 1.54) is 0 Å². The predicted molar refractivity (Wildman–Crippen MR) is 55.0 cm³/mol. The van der Waals surface area contributed by atoms with Crippen molar-refractivity contribution in [2.75, 3.05) is 19.8 Å². The Hall–Kier alpha value is -0.610. The van der Waals surface area contributed by atoms with Crippen LogP contribution in [0, 0.1) is 0 Å². The summed E-state index contributed by atoms with van der Waals surface area (Å²) >= 11 is 0. The molecule has 0 atom stereocenters. The van der Waals surface area contributed by atoms with Gasteiger partial charge in [0.2, 0.25) is 0 Å². The van der Waals surface area contributed by atoms with E-state index < -0.39 is 0 Å². The first-order valence-corrected chi connectivity index (χ1v) is 5.15. The van der Waals surface area contributed by atoms with Gasteiger partial charge >= 0.3 is 5.97 Å². The Morgan fingerprint density at radius 3 is 2.29 bits per heavy atom. The van der Waals surface area contributed by atoms with Crippen LogP contribution in [-0.4, -0.2) is 36.4 Å². The molecule has 0 aliphatic heterocycles. The molecule has 0 aromatic rings. The average molecular weight is 203 g/mol. The molecule has 0 aromatic heterocycles. The van der Waals surface area contributed by atoms with Gasteiger partial charge in [0.1, 0.15) is 0 Å². The fourth-order valence-electron chi connectivity index (χ4n) is 1.25. The molecule has 0 rings (SSSR count). The monoisotopic (exact) mass is 203 g/mol. The quantitative estimate of drug-likeness (QED) is 0.598. The zero-order chi connectivity index (χ0) is 11.0. The van der Waals surface area contributed by atoms with E-state index in [0.29, 0.717) is 6.61 Å². The highest BCUT2D eigenvalue weighted by atomic mass is 16.5. The van der Waals surface area contributed by atoms with Gasteiger partial charge < -0.3 is 9.84 Å². The van der Waals surface area contributed by atoms with Crippen molar-refractivity contribution < 1.29 is 14.6 Å². The molecule has 0 radical (unpaired) electrons. The molecule has 0 bridgehead atoms. The van der Waals surface area contributed by atoms with E-state index >= 15 is 0 Å². The van der Waals surface area contributed by atoms with Crippen LogP contribution >= 0.6 is 0 Å². The van der Waals surface area contributed by atoms with Crippen LogP contribution in [0.4, 0.5) is 0 Å². The van der Waals surface area contributed by atoms with Crippen molar-refractivity contribution in [1.29, 1.82) is 0 Å². The second-order valence-electron chi connectivity index (χ2n) is 3.30. The third-order valence-corrected chi connectivity index (χ3v) is 2.57. The average Bonchev–Trinajstić information content (AvgIpc) is 2.21. The lowest BCUT2D eigenvalue weighted by Crippen LogP contribution is -2.49. The molecule has 0 aliphatic carbocycles. The third kappa shape index (κ3) is 4.07. The first kappa shape index (κ1) is 13.4. The SMILES string of the molecule is CCOC(=O)CNC(CC)(CC)CO. The van der Waals surface area contributed by atoms with Gasteiger partial charge in [-0.25, -0.2) is 0 Å². The van der Waals surface area contributed by atoms with E-state index in [9.17, 15) is 9.90 Å². The molecule has 4 nitrogen and oxygen atoms in total. The minimum Gasteiger partial charge on any atom is -0.465 e. The summed E-state index contributed by atoms with van der Waals surface area (Å²) in [4.78, 5) is 11.1. The topological polar surface area (TPSA) is 58.6 Å². The van der Waals surface area contributed by atoms with Crippen molar-refractivity contribution in [3.63, 3.8) is 0 Å². The normalized spacial score (nSPS) is 11.4. The summed E-state index contributed by atoms with van der Waals surface area (Å²) in [6, 6.07) is 0. The Morgan fingerprint density at radius 1 is 1.36 bits per heavy atom. The van der Waals surface area contributed by atoms with E-state index in [1.54, 1.807) is 6.92 Å². The maximum Gasteiger partial charge on any atom is 0.319 e. The molecule has 0 aromatic carbocycles. The third-order valence-electron chi connectivity index (χ3n) is 2.57. The first-order valence-electron chi connectivity index (χ1n) is 5.15. The van der Waals surface area contributed by atoms with Crippen molar-refractivity contribution in [2.24, 2.45) is 0 Å². The van der Waals surface area contributed by atoms with Crippen molar-refractivity contribution in [1.82, 2.24) is 5.32 Å². The number of aliphatic hydroxyl groups is 1. The van der Waals surface area contributed by atoms with E-state index in [4.69, 9.17) is 4.74 Å². The molecule has 14 heavy (non-hydrogen) atoms. The maximum atomic E-state index is 11.1. The predicted octanol–water partition coefficient (Wildman–Crippen LogP) is 0.690. The number of carbonyl (C=O) groups is 1. The zero-order valence-corrected chi connectivity index (χ0v) is 9.30. The van der Waals surface area contributed by atoms with Gasteiger partial charge in [-0.15, -0.1) is 0 Å². The molecule has 84 valence electrons. The number of rotatable bonds is 7. The first-order chi connectivity index (χ1) is 6.64. The van der Waals surface area contributed by atoms with Crippen molar-refractivity contribution >= 4 is 5.97 Å². The van der Waals surface area contributed by atoms with E-state index in [1.807, 2.05) is 13.8 Å². The van der Waals surface area contributed by atoms with Crippen molar-refractivity contribution in [3.8, 4) is 0 Å². The fourth-order valence-corrected chi connectivity index (χ4v) is 1.25. The minimum atomic E-state index is -0.341. The van der Waals surface area contributed by atoms with E-state index in [2.05, 4.69) is 5.32 Å². The van der Waals surface area contributed by atoms with Crippen LogP contribution < -0.4 is 5.32 Å². The van der Waals surface area contributed by atoms with Crippen molar-refractivity contribution in [3.05, 3.63) is 0 Å². The molecule has 0 saturated heterocycles. The Kier molecular flexibility index (Phi) is 6.49. The van der Waals surface area contributed by atoms with Gasteiger partial charge in [0, 0.05) is 5.54 Å². The summed E-state index contributed by atoms with van der Waals surface area (Å²) in [6.45, 7) is 6.34. The second-order valence-corrected chi connectivity index (χ2v) is 3.30. The lowest BCUT2D eigenvalue weighted by Gasteiger charge is -2.30. The molecule has 0 spiro atoms. The van der Waals surface area contributed by atoms with Gasteiger partial charge in [-0.3, -0.25) is 10.1 Å². The Balaban J connectivity index is 3.99. The zero-order valence-electron chi connectivity index (χ0n) is 9.30. The summed E-state index contributed by atoms with van der Waals surface area (Å²) < 4.78 is 4.79. The molecule has 0 saturated carbocycles. The number of carbonyl (C=O) groups excluding carboxylic acids is 1. The van der Waals surface area contributed by atoms with Gasteiger partial charge in [-0.1, -0.05) is 13.8 Å². The highest BCUT2D eigenvalue weighted by molar-refractivity contribution is 5.71. The number of aliphatic hydroxyl groups excluding tert-OH is 1. The number of hydrogen-bond acceptors (Lipinski definition) is 4. The van der Waals surface area contributed by atoms with Crippen LogP contribution in [0.3, 0.4) is 0 Å². The number of ether oxygens (including phenoxy) is 1. The Bertz CT molecular complexity index is 158. The molecular formula is C10H21NO3. The molecule has 4 heteroatoms. The largest absolute Gasteiger partial charge is 0.465 e. The number of nitrogens with one attached hydrogen (secondary N) is 1. The van der Waals surface area contributed by atoms with Crippen LogP contribution in [-0.2, 0) is 9.53 Å². The highest BCUT2D eigenvalue weighted by Crippen LogP contribution is 2.13. The van der Waals surface area contributed by atoms with E-state index in [0.717, 1.165) is 12.8 Å². The van der Waals surface area contributed by atoms with Gasteiger partial charge in [-0.2, -0.15) is 0 Å². The van der Waals surface area contributed by atoms with Crippen molar-refractivity contribution in [2.45, 2.75) is 39.2 Å². The second kappa shape index (κ2) is 6.79. The Labute approximate surface area is 85.6 Å². The summed E-state index contributed by atoms with van der Waals surface area (Å²) in [7, 11) is 0. The van der Waals surface area contributed by atoms with Crippen LogP contribution in [0.15, 0.2) is 0 Å². The van der Waals surface area contributed by atoms with Crippen LogP contribution in [0.5, 0.6) is 0 Å². The van der Waals surface area contributed by atoms with E-state index in [-0.39, 0.29) is 24.7 Å². The molecular weight excluding hydrogens is 182 g/mol. The number of hydrogen-bond donors (Lipinski definition) is 2. The maximum absolute atomic E-state index is 11.1. The fraction of sp³-hybridized carbons (Fsp3) is 0.900. The minimum absolute atomic E-state index is 0.0411. The molecule has 0 fully saturated rings. The van der Waals surface area contributed by atoms with Crippen LogP contribution in [0.2, 0.25) is 0 Å². The lowest BCUT2D eigenvalue weighted by atomic mass is 9.94. The summed E-state index contributed by atoms with van der Waals surface area (Å²) in [6.07, 6.45) is 1.58. The van der Waals surface area contributed by atoms with Crippen LogP contribution in [0.25, 0.3) is 0 Å². The molecule has 0 unspecified atom stereocenters. The standard InChI is InChI=1S/C10H21NO3/c1-4-10(5-2,8-12)11-7-9(13)14-6-3/h11-12H,4-8H2,1-3H3. The molecule has 0 aliphatic rings. The molecule has 0 heterocycles. The van der Waals surface area contributed by atoms with Gasteiger partial charge in [-0.05, 0) is 19.8 Å². The van der Waals surface area contributed by atoms with Gasteiger partial charge in [0.25, 0.3) is 0 Å². The summed E-state index contributed by atoms with van der Waals surface area (Å²) in [5, 5.41) is 12.2. The summed E-state index contributed by atoms with van der Waals surface area (Å²) in [5.41, 5.74) is -0.341. The van der Waals surface area contributed by atoms with Gasteiger partial charge in [0.05, 0.1) is 19.8 Å². The Morgan fingerprint density at radius 2 is 1.93 bits per heavy atom. The van der Waals surface area contributed by atoms with Crippen LogP contribution in [0.1, 0.15) is 33.6 Å². The molecule has 0 amide bonds. The summed E-state index contributed by atoms with van der Waals surface area (Å²) in [5.74, 6) is -0.271. The smallest absolute Gasteiger partial charge is 0.319 e. The molecule has 2 N–H and O–H groups in total. The highest BCUT2D eigenvalue weighted by Gasteiger charge is 2.25. The van der Waals surface area contributed by atoms with Gasteiger partial charge in [0.15, 0.2) is 0 Å².